The molecule has 0 fully saturated rings. The highest BCUT2D eigenvalue weighted by Crippen LogP contribution is 2.32. The molecule has 0 radical (unpaired) electrons. The number of hydrogen-bond acceptors (Lipinski definition) is 5. The summed E-state index contributed by atoms with van der Waals surface area (Å²) in [5.74, 6) is -0.970. The van der Waals surface area contributed by atoms with Crippen molar-refractivity contribution in [2.24, 2.45) is 0 Å². The number of H-pyrrole nitrogens is 1. The lowest BCUT2D eigenvalue weighted by atomic mass is 9.93. The highest BCUT2D eigenvalue weighted by Gasteiger charge is 2.28. The number of aromatic amines is 1. The van der Waals surface area contributed by atoms with Crippen LogP contribution in [0.25, 0.3) is 10.9 Å². The summed E-state index contributed by atoms with van der Waals surface area (Å²) in [7, 11) is 1.29. The van der Waals surface area contributed by atoms with Gasteiger partial charge in [-0.2, -0.15) is 0 Å². The fourth-order valence-corrected chi connectivity index (χ4v) is 4.03. The molecule has 4 rings (SSSR count). The number of fused-ring (bicyclic) bond motifs is 1. The van der Waals surface area contributed by atoms with E-state index in [0.29, 0.717) is 24.4 Å². The third-order valence-corrected chi connectivity index (χ3v) is 5.64. The SMILES string of the molecule is COC(=O)CC(c1ccco1)c1c(O)cc(C)n(CCc2c[nH]c3ccccc23)c1=O. The zero-order valence-corrected chi connectivity index (χ0v) is 17.4. The number of aromatic nitrogens is 2. The average molecular weight is 420 g/mol. The first-order valence-electron chi connectivity index (χ1n) is 10.1. The monoisotopic (exact) mass is 420 g/mol. The van der Waals surface area contributed by atoms with Crippen molar-refractivity contribution in [3.05, 3.63) is 87.9 Å². The van der Waals surface area contributed by atoms with Gasteiger partial charge in [0.2, 0.25) is 0 Å². The second-order valence-electron chi connectivity index (χ2n) is 7.50. The summed E-state index contributed by atoms with van der Waals surface area (Å²) in [4.78, 5) is 28.7. The number of para-hydroxylation sites is 1. The first kappa shape index (κ1) is 20.5. The number of ether oxygens (including phenoxy) is 1. The van der Waals surface area contributed by atoms with E-state index in [0.717, 1.165) is 16.5 Å². The Morgan fingerprint density at radius 2 is 2.06 bits per heavy atom. The minimum atomic E-state index is -0.741. The van der Waals surface area contributed by atoms with Crippen molar-refractivity contribution in [3.8, 4) is 5.75 Å². The Morgan fingerprint density at radius 1 is 1.26 bits per heavy atom. The lowest BCUT2D eigenvalue weighted by Crippen LogP contribution is -2.29. The molecule has 0 aliphatic carbocycles. The van der Waals surface area contributed by atoms with Crippen LogP contribution in [0.3, 0.4) is 0 Å². The maximum absolute atomic E-state index is 13.4. The maximum Gasteiger partial charge on any atom is 0.306 e. The zero-order chi connectivity index (χ0) is 22.0. The summed E-state index contributed by atoms with van der Waals surface area (Å²) in [6.45, 7) is 2.21. The van der Waals surface area contributed by atoms with Gasteiger partial charge in [-0.25, -0.2) is 0 Å². The van der Waals surface area contributed by atoms with E-state index in [1.165, 1.54) is 13.4 Å². The van der Waals surface area contributed by atoms with Gasteiger partial charge in [0.25, 0.3) is 5.56 Å². The van der Waals surface area contributed by atoms with E-state index >= 15 is 0 Å². The largest absolute Gasteiger partial charge is 0.507 e. The first-order valence-corrected chi connectivity index (χ1v) is 10.1. The van der Waals surface area contributed by atoms with Crippen LogP contribution >= 0.6 is 0 Å². The Morgan fingerprint density at radius 3 is 2.81 bits per heavy atom. The molecule has 3 aromatic heterocycles. The zero-order valence-electron chi connectivity index (χ0n) is 17.4. The Hall–Kier alpha value is -3.74. The molecule has 0 aliphatic rings. The van der Waals surface area contributed by atoms with Crippen LogP contribution < -0.4 is 5.56 Å². The number of methoxy groups -OCH3 is 1. The van der Waals surface area contributed by atoms with Crippen LogP contribution in [-0.2, 0) is 22.5 Å². The van der Waals surface area contributed by atoms with E-state index in [4.69, 9.17) is 9.15 Å². The first-order chi connectivity index (χ1) is 15.0. The molecule has 0 amide bonds. The second kappa shape index (κ2) is 8.55. The molecule has 1 unspecified atom stereocenters. The number of aryl methyl sites for hydroxylation is 2. The van der Waals surface area contributed by atoms with Crippen molar-refractivity contribution in [2.75, 3.05) is 7.11 Å². The third kappa shape index (κ3) is 3.99. The summed E-state index contributed by atoms with van der Waals surface area (Å²) in [5, 5.41) is 11.7. The molecule has 0 saturated carbocycles. The van der Waals surface area contributed by atoms with E-state index < -0.39 is 11.9 Å². The number of carbonyl (C=O) groups excluding carboxylic acids is 1. The number of rotatable bonds is 7. The van der Waals surface area contributed by atoms with Crippen molar-refractivity contribution < 1.29 is 19.1 Å². The van der Waals surface area contributed by atoms with Crippen LogP contribution in [0.15, 0.2) is 64.1 Å². The van der Waals surface area contributed by atoms with Gasteiger partial charge in [-0.3, -0.25) is 9.59 Å². The van der Waals surface area contributed by atoms with Gasteiger partial charge in [0.05, 0.1) is 31.3 Å². The van der Waals surface area contributed by atoms with Gasteiger partial charge in [-0.05, 0) is 43.2 Å². The lowest BCUT2D eigenvalue weighted by molar-refractivity contribution is -0.140. The fraction of sp³-hybridized carbons (Fsp3) is 0.250. The predicted molar refractivity (Wildman–Crippen MR) is 116 cm³/mol. The number of nitrogens with one attached hydrogen (secondary N) is 1. The molecule has 31 heavy (non-hydrogen) atoms. The van der Waals surface area contributed by atoms with Gasteiger partial charge in [-0.15, -0.1) is 0 Å². The van der Waals surface area contributed by atoms with Gasteiger partial charge in [-0.1, -0.05) is 18.2 Å². The molecule has 7 heteroatoms. The molecule has 0 bridgehead atoms. The smallest absolute Gasteiger partial charge is 0.306 e. The average Bonchev–Trinajstić information content (AvgIpc) is 3.43. The second-order valence-corrected chi connectivity index (χ2v) is 7.50. The Kier molecular flexibility index (Phi) is 5.66. The van der Waals surface area contributed by atoms with Gasteiger partial charge < -0.3 is 23.8 Å². The molecule has 3 heterocycles. The quantitative estimate of drug-likeness (QED) is 0.442. The molecule has 1 atom stereocenters. The van der Waals surface area contributed by atoms with Crippen molar-refractivity contribution in [1.82, 2.24) is 9.55 Å². The van der Waals surface area contributed by atoms with Gasteiger partial charge >= 0.3 is 5.97 Å². The molecule has 1 aromatic carbocycles. The van der Waals surface area contributed by atoms with Gasteiger partial charge in [0.15, 0.2) is 0 Å². The molecule has 160 valence electrons. The Labute approximate surface area is 178 Å². The van der Waals surface area contributed by atoms with Crippen molar-refractivity contribution in [2.45, 2.75) is 32.2 Å². The minimum Gasteiger partial charge on any atom is -0.507 e. The van der Waals surface area contributed by atoms with Gasteiger partial charge in [0, 0.05) is 29.3 Å². The van der Waals surface area contributed by atoms with E-state index in [1.54, 1.807) is 29.7 Å². The molecule has 4 aromatic rings. The van der Waals surface area contributed by atoms with Crippen LogP contribution in [-0.4, -0.2) is 27.7 Å². The molecule has 0 aliphatic heterocycles. The van der Waals surface area contributed by atoms with Crippen molar-refractivity contribution >= 4 is 16.9 Å². The number of pyridine rings is 1. The molecule has 0 spiro atoms. The number of benzene rings is 1. The van der Waals surface area contributed by atoms with Crippen LogP contribution in [0.2, 0.25) is 0 Å². The number of nitrogens with zero attached hydrogens (tertiary/aromatic N) is 1. The van der Waals surface area contributed by atoms with Gasteiger partial charge in [0.1, 0.15) is 11.5 Å². The Bertz CT molecular complexity index is 1270. The predicted octanol–water partition coefficient (Wildman–Crippen LogP) is 3.87. The highest BCUT2D eigenvalue weighted by molar-refractivity contribution is 5.83. The molecule has 0 saturated heterocycles. The van der Waals surface area contributed by atoms with Crippen LogP contribution in [0.4, 0.5) is 0 Å². The van der Waals surface area contributed by atoms with Crippen molar-refractivity contribution in [1.29, 1.82) is 0 Å². The normalized spacial score (nSPS) is 12.2. The number of furan rings is 1. The van der Waals surface area contributed by atoms with E-state index in [9.17, 15) is 14.7 Å². The van der Waals surface area contributed by atoms with Crippen LogP contribution in [0, 0.1) is 6.92 Å². The number of aromatic hydroxyl groups is 1. The van der Waals surface area contributed by atoms with E-state index in [1.807, 2.05) is 30.5 Å². The minimum absolute atomic E-state index is 0.113. The van der Waals surface area contributed by atoms with Crippen molar-refractivity contribution in [3.63, 3.8) is 0 Å². The van der Waals surface area contributed by atoms with E-state index in [-0.39, 0.29) is 23.3 Å². The highest BCUT2D eigenvalue weighted by atomic mass is 16.5. The van der Waals surface area contributed by atoms with Crippen LogP contribution in [0.5, 0.6) is 5.75 Å². The summed E-state index contributed by atoms with van der Waals surface area (Å²) < 4.78 is 11.9. The maximum atomic E-state index is 13.4. The summed E-state index contributed by atoms with van der Waals surface area (Å²) in [5.41, 5.74) is 2.58. The fourth-order valence-electron chi connectivity index (χ4n) is 4.03. The number of hydrogen-bond donors (Lipinski definition) is 2. The summed E-state index contributed by atoms with van der Waals surface area (Å²) in [6, 6.07) is 12.9. The molecular formula is C24H24N2O5. The molecule has 7 nitrogen and oxygen atoms in total. The third-order valence-electron chi connectivity index (χ3n) is 5.64. The topological polar surface area (TPSA) is 97.5 Å². The van der Waals surface area contributed by atoms with Crippen LogP contribution in [0.1, 0.15) is 34.9 Å². The molecular weight excluding hydrogens is 396 g/mol. The standard InChI is InChI=1S/C24H24N2O5/c1-15-12-20(27)23(18(13-22(28)30-2)21-8-5-11-31-21)24(29)26(15)10-9-16-14-25-19-7-4-3-6-17(16)19/h3-8,11-12,14,18,25,27H,9-10,13H2,1-2H3. The summed E-state index contributed by atoms with van der Waals surface area (Å²) in [6.07, 6.45) is 3.95. The number of carbonyl (C=O) groups is 1. The Balaban J connectivity index is 1.72. The van der Waals surface area contributed by atoms with E-state index in [2.05, 4.69) is 4.98 Å². The lowest BCUT2D eigenvalue weighted by Gasteiger charge is -2.18. The number of esters is 1. The molecule has 2 N–H and O–H groups in total. The summed E-state index contributed by atoms with van der Waals surface area (Å²) >= 11 is 0.